The molecule has 2 heterocycles. The van der Waals surface area contributed by atoms with E-state index in [1.54, 1.807) is 0 Å². The highest BCUT2D eigenvalue weighted by molar-refractivity contribution is 7.10. The van der Waals surface area contributed by atoms with E-state index in [2.05, 4.69) is 9.59 Å². The Morgan fingerprint density at radius 3 is 3.00 bits per heavy atom. The van der Waals surface area contributed by atoms with Crippen LogP contribution in [0, 0.1) is 5.92 Å². The van der Waals surface area contributed by atoms with Crippen LogP contribution in [0.2, 0.25) is 0 Å². The average Bonchev–Trinajstić information content (AvgIpc) is 2.71. The molecule has 0 aliphatic carbocycles. The highest BCUT2D eigenvalue weighted by Gasteiger charge is 2.34. The van der Waals surface area contributed by atoms with Crippen molar-refractivity contribution in [2.45, 2.75) is 6.42 Å². The molecule has 1 unspecified atom stereocenters. The molecular formula is C7H8N4O2S. The predicted molar refractivity (Wildman–Crippen MR) is 49.6 cm³/mol. The lowest BCUT2D eigenvalue weighted by Gasteiger charge is -2.11. The smallest absolute Gasteiger partial charge is 0.228 e. The summed E-state index contributed by atoms with van der Waals surface area (Å²) in [5, 5.41) is 4.30. The molecule has 1 aromatic rings. The van der Waals surface area contributed by atoms with Crippen LogP contribution in [0.15, 0.2) is 6.20 Å². The van der Waals surface area contributed by atoms with Gasteiger partial charge in [0.05, 0.1) is 12.1 Å². The summed E-state index contributed by atoms with van der Waals surface area (Å²) in [4.78, 5) is 23.8. The molecule has 1 saturated heterocycles. The van der Waals surface area contributed by atoms with Crippen LogP contribution < -0.4 is 10.6 Å². The number of primary amides is 1. The van der Waals surface area contributed by atoms with E-state index in [-0.39, 0.29) is 18.2 Å². The SMILES string of the molecule is NC(=O)C1CC(=O)N(c2cnns2)C1. The zero-order valence-electron chi connectivity index (χ0n) is 7.21. The summed E-state index contributed by atoms with van der Waals surface area (Å²) in [7, 11) is 0. The largest absolute Gasteiger partial charge is 0.369 e. The molecule has 2 rings (SSSR count). The van der Waals surface area contributed by atoms with Crippen molar-refractivity contribution in [3.05, 3.63) is 6.20 Å². The van der Waals surface area contributed by atoms with Crippen molar-refractivity contribution in [2.75, 3.05) is 11.4 Å². The van der Waals surface area contributed by atoms with E-state index >= 15 is 0 Å². The Morgan fingerprint density at radius 2 is 2.50 bits per heavy atom. The van der Waals surface area contributed by atoms with Gasteiger partial charge in [-0.2, -0.15) is 0 Å². The van der Waals surface area contributed by atoms with Gasteiger partial charge in [-0.15, -0.1) is 5.10 Å². The lowest BCUT2D eigenvalue weighted by Crippen LogP contribution is -2.27. The molecule has 1 aliphatic rings. The molecule has 0 spiro atoms. The van der Waals surface area contributed by atoms with Gasteiger partial charge in [-0.25, -0.2) is 0 Å². The summed E-state index contributed by atoms with van der Waals surface area (Å²) in [5.74, 6) is -0.914. The molecule has 1 aliphatic heterocycles. The first-order valence-corrected chi connectivity index (χ1v) is 4.83. The van der Waals surface area contributed by atoms with Gasteiger partial charge in [0.2, 0.25) is 11.8 Å². The third-order valence-electron chi connectivity index (χ3n) is 2.14. The predicted octanol–water partition coefficient (Wildman–Crippen LogP) is -0.624. The fourth-order valence-corrected chi connectivity index (χ4v) is 1.94. The highest BCUT2D eigenvalue weighted by Crippen LogP contribution is 2.26. The molecule has 0 radical (unpaired) electrons. The number of carbonyl (C=O) groups is 2. The van der Waals surface area contributed by atoms with Gasteiger partial charge in [0, 0.05) is 24.5 Å². The second-order valence-electron chi connectivity index (χ2n) is 3.06. The van der Waals surface area contributed by atoms with E-state index in [0.717, 1.165) is 11.5 Å². The number of anilines is 1. The minimum absolute atomic E-state index is 0.0974. The van der Waals surface area contributed by atoms with Crippen molar-refractivity contribution in [3.63, 3.8) is 0 Å². The Hall–Kier alpha value is -1.50. The van der Waals surface area contributed by atoms with E-state index in [4.69, 9.17) is 5.73 Å². The van der Waals surface area contributed by atoms with Gasteiger partial charge in [0.15, 0.2) is 0 Å². The standard InChI is InChI=1S/C7H8N4O2S/c8-7(13)4-1-5(12)11(3-4)6-2-9-10-14-6/h2,4H,1,3H2,(H2,8,13). The molecule has 1 fully saturated rings. The van der Waals surface area contributed by atoms with Gasteiger partial charge in [-0.3, -0.25) is 9.59 Å². The van der Waals surface area contributed by atoms with Gasteiger partial charge in [-0.05, 0) is 0 Å². The highest BCUT2D eigenvalue weighted by atomic mass is 32.1. The van der Waals surface area contributed by atoms with Crippen LogP contribution in [0.5, 0.6) is 0 Å². The van der Waals surface area contributed by atoms with Crippen LogP contribution >= 0.6 is 11.5 Å². The summed E-state index contributed by atoms with van der Waals surface area (Å²) < 4.78 is 3.65. The van der Waals surface area contributed by atoms with Crippen molar-refractivity contribution in [1.82, 2.24) is 9.59 Å². The van der Waals surface area contributed by atoms with Crippen molar-refractivity contribution in [3.8, 4) is 0 Å². The molecule has 74 valence electrons. The molecule has 6 nitrogen and oxygen atoms in total. The van der Waals surface area contributed by atoms with Crippen LogP contribution in [-0.2, 0) is 9.59 Å². The van der Waals surface area contributed by atoms with Crippen molar-refractivity contribution in [1.29, 1.82) is 0 Å². The third kappa shape index (κ3) is 1.46. The first-order chi connectivity index (χ1) is 6.68. The number of hydrogen-bond acceptors (Lipinski definition) is 5. The Balaban J connectivity index is 2.16. The fraction of sp³-hybridized carbons (Fsp3) is 0.429. The fourth-order valence-electron chi connectivity index (χ4n) is 1.39. The number of carbonyl (C=O) groups excluding carboxylic acids is 2. The van der Waals surface area contributed by atoms with Gasteiger partial charge in [0.25, 0.3) is 0 Å². The molecule has 2 amide bonds. The van der Waals surface area contributed by atoms with Crippen LogP contribution in [0.1, 0.15) is 6.42 Å². The van der Waals surface area contributed by atoms with Crippen LogP contribution in [0.3, 0.4) is 0 Å². The van der Waals surface area contributed by atoms with Crippen molar-refractivity contribution < 1.29 is 9.59 Å². The zero-order chi connectivity index (χ0) is 10.1. The van der Waals surface area contributed by atoms with Crippen LogP contribution in [0.25, 0.3) is 0 Å². The second-order valence-corrected chi connectivity index (χ2v) is 3.83. The van der Waals surface area contributed by atoms with E-state index in [0.29, 0.717) is 11.5 Å². The lowest BCUT2D eigenvalue weighted by molar-refractivity contribution is -0.123. The van der Waals surface area contributed by atoms with Gasteiger partial charge in [0.1, 0.15) is 5.00 Å². The quantitative estimate of drug-likeness (QED) is 0.707. The van der Waals surface area contributed by atoms with Gasteiger partial charge < -0.3 is 10.6 Å². The number of hydrogen-bond donors (Lipinski definition) is 1. The minimum atomic E-state index is -0.432. The topological polar surface area (TPSA) is 89.2 Å². The number of nitrogens with two attached hydrogens (primary N) is 1. The van der Waals surface area contributed by atoms with Crippen molar-refractivity contribution in [2.24, 2.45) is 11.7 Å². The Morgan fingerprint density at radius 1 is 1.71 bits per heavy atom. The van der Waals surface area contributed by atoms with Gasteiger partial charge >= 0.3 is 0 Å². The molecule has 1 aromatic heterocycles. The molecule has 0 aromatic carbocycles. The molecular weight excluding hydrogens is 204 g/mol. The molecule has 7 heteroatoms. The molecule has 2 N–H and O–H groups in total. The second kappa shape index (κ2) is 3.33. The molecule has 0 bridgehead atoms. The summed E-state index contributed by atoms with van der Waals surface area (Å²) in [5.41, 5.74) is 5.13. The zero-order valence-corrected chi connectivity index (χ0v) is 8.03. The maximum atomic E-state index is 11.5. The summed E-state index contributed by atoms with van der Waals surface area (Å²) in [6, 6.07) is 0. The van der Waals surface area contributed by atoms with Gasteiger partial charge in [-0.1, -0.05) is 4.49 Å². The minimum Gasteiger partial charge on any atom is -0.369 e. The molecule has 0 saturated carbocycles. The number of aromatic nitrogens is 2. The Labute approximate surface area is 83.9 Å². The lowest BCUT2D eigenvalue weighted by atomic mass is 10.1. The Kier molecular flexibility index (Phi) is 2.16. The average molecular weight is 212 g/mol. The number of rotatable bonds is 2. The third-order valence-corrected chi connectivity index (χ3v) is 2.83. The van der Waals surface area contributed by atoms with Crippen LogP contribution in [0.4, 0.5) is 5.00 Å². The summed E-state index contributed by atoms with van der Waals surface area (Å²) in [6.45, 7) is 0.345. The maximum Gasteiger partial charge on any atom is 0.228 e. The normalized spacial score (nSPS) is 21.6. The summed E-state index contributed by atoms with van der Waals surface area (Å²) >= 11 is 1.13. The first kappa shape index (κ1) is 9.07. The number of amides is 2. The monoisotopic (exact) mass is 212 g/mol. The summed E-state index contributed by atoms with van der Waals surface area (Å²) in [6.07, 6.45) is 1.69. The molecule has 1 atom stereocenters. The van der Waals surface area contributed by atoms with E-state index in [1.165, 1.54) is 11.1 Å². The maximum absolute atomic E-state index is 11.5. The van der Waals surface area contributed by atoms with E-state index in [9.17, 15) is 9.59 Å². The van der Waals surface area contributed by atoms with Crippen molar-refractivity contribution >= 4 is 28.3 Å². The van der Waals surface area contributed by atoms with E-state index in [1.807, 2.05) is 0 Å². The van der Waals surface area contributed by atoms with E-state index < -0.39 is 5.91 Å². The Bertz CT molecular complexity index is 364. The number of nitrogens with zero attached hydrogens (tertiary/aromatic N) is 3. The van der Waals surface area contributed by atoms with Crippen LogP contribution in [-0.4, -0.2) is 27.9 Å². The molecule has 14 heavy (non-hydrogen) atoms. The first-order valence-electron chi connectivity index (χ1n) is 4.05.